The highest BCUT2D eigenvalue weighted by atomic mass is 14.9. The fraction of sp³-hybridized carbons (Fsp3) is 1.00. The molecule has 0 saturated heterocycles. The minimum Gasteiger partial charge on any atom is -0.317 e. The Labute approximate surface area is 100 Å². The summed E-state index contributed by atoms with van der Waals surface area (Å²) in [5, 5.41) is 3.52. The van der Waals surface area contributed by atoms with Crippen molar-refractivity contribution in [2.24, 2.45) is 23.7 Å². The van der Waals surface area contributed by atoms with Gasteiger partial charge in [-0.05, 0) is 69.2 Å². The van der Waals surface area contributed by atoms with Crippen molar-refractivity contribution >= 4 is 0 Å². The normalized spacial score (nSPS) is 39.2. The Bertz CT molecular complexity index is 234. The zero-order valence-electron chi connectivity index (χ0n) is 10.8. The second kappa shape index (κ2) is 4.68. The van der Waals surface area contributed by atoms with E-state index in [9.17, 15) is 0 Å². The second-order valence-electron chi connectivity index (χ2n) is 6.60. The topological polar surface area (TPSA) is 12.0 Å². The van der Waals surface area contributed by atoms with E-state index in [-0.39, 0.29) is 0 Å². The molecule has 4 atom stereocenters. The minimum absolute atomic E-state index is 0.846. The number of fused-ring (bicyclic) bond motifs is 2. The quantitative estimate of drug-likeness (QED) is 0.723. The van der Waals surface area contributed by atoms with Gasteiger partial charge in [0.15, 0.2) is 0 Å². The molecular weight excluding hydrogens is 194 g/mol. The van der Waals surface area contributed by atoms with Crippen molar-refractivity contribution in [3.05, 3.63) is 0 Å². The molecule has 3 aliphatic carbocycles. The molecule has 3 fully saturated rings. The van der Waals surface area contributed by atoms with Crippen molar-refractivity contribution in [3.8, 4) is 0 Å². The molecule has 16 heavy (non-hydrogen) atoms. The summed E-state index contributed by atoms with van der Waals surface area (Å²) < 4.78 is 0. The van der Waals surface area contributed by atoms with Crippen LogP contribution in [0.4, 0.5) is 0 Å². The van der Waals surface area contributed by atoms with Gasteiger partial charge in [-0.15, -0.1) is 0 Å². The lowest BCUT2D eigenvalue weighted by molar-refractivity contribution is 0.297. The van der Waals surface area contributed by atoms with Gasteiger partial charge in [-0.2, -0.15) is 0 Å². The largest absolute Gasteiger partial charge is 0.317 e. The fourth-order valence-corrected chi connectivity index (χ4v) is 4.44. The van der Waals surface area contributed by atoms with Crippen LogP contribution in [0.15, 0.2) is 0 Å². The molecule has 3 saturated carbocycles. The van der Waals surface area contributed by atoms with E-state index < -0.39 is 0 Å². The van der Waals surface area contributed by atoms with Crippen molar-refractivity contribution in [1.82, 2.24) is 5.32 Å². The maximum absolute atomic E-state index is 3.52. The van der Waals surface area contributed by atoms with Crippen LogP contribution in [-0.4, -0.2) is 13.1 Å². The Morgan fingerprint density at radius 2 is 2.00 bits per heavy atom. The van der Waals surface area contributed by atoms with E-state index in [1.54, 1.807) is 25.7 Å². The Morgan fingerprint density at radius 3 is 2.56 bits per heavy atom. The standard InChI is InChI=1S/C15H27N/c1-16-15(12-7-8-12)4-2-3-13-9-11-5-6-14(13)10-11/h11-16H,2-10H2,1H3. The van der Waals surface area contributed by atoms with Gasteiger partial charge in [0.1, 0.15) is 0 Å². The molecule has 0 spiro atoms. The smallest absolute Gasteiger partial charge is 0.00923 e. The van der Waals surface area contributed by atoms with Gasteiger partial charge in [0.05, 0.1) is 0 Å². The molecule has 0 aromatic carbocycles. The van der Waals surface area contributed by atoms with E-state index in [1.807, 2.05) is 0 Å². The van der Waals surface area contributed by atoms with Gasteiger partial charge in [0.25, 0.3) is 0 Å². The van der Waals surface area contributed by atoms with Gasteiger partial charge in [-0.1, -0.05) is 19.3 Å². The molecule has 3 aliphatic rings. The van der Waals surface area contributed by atoms with Crippen molar-refractivity contribution < 1.29 is 0 Å². The third-order valence-electron chi connectivity index (χ3n) is 5.54. The molecule has 3 rings (SSSR count). The van der Waals surface area contributed by atoms with E-state index in [4.69, 9.17) is 0 Å². The zero-order chi connectivity index (χ0) is 11.0. The first kappa shape index (κ1) is 11.1. The minimum atomic E-state index is 0.846. The summed E-state index contributed by atoms with van der Waals surface area (Å²) in [7, 11) is 2.15. The van der Waals surface area contributed by atoms with E-state index in [0.29, 0.717) is 0 Å². The average Bonchev–Trinajstić information content (AvgIpc) is 2.93. The molecule has 4 unspecified atom stereocenters. The molecule has 1 nitrogen and oxygen atoms in total. The molecule has 0 aliphatic heterocycles. The highest BCUT2D eigenvalue weighted by Gasteiger charge is 2.39. The molecule has 0 aromatic rings. The molecule has 0 amide bonds. The monoisotopic (exact) mass is 221 g/mol. The van der Waals surface area contributed by atoms with Gasteiger partial charge in [0, 0.05) is 6.04 Å². The highest BCUT2D eigenvalue weighted by Crippen LogP contribution is 2.50. The predicted molar refractivity (Wildman–Crippen MR) is 68.4 cm³/mol. The number of rotatable bonds is 6. The summed E-state index contributed by atoms with van der Waals surface area (Å²) in [6.07, 6.45) is 13.7. The number of hydrogen-bond acceptors (Lipinski definition) is 1. The third-order valence-corrected chi connectivity index (χ3v) is 5.54. The SMILES string of the molecule is CNC(CCCC1CC2CCC1C2)C1CC1. The average molecular weight is 221 g/mol. The Hall–Kier alpha value is -0.0400. The maximum atomic E-state index is 3.52. The Morgan fingerprint density at radius 1 is 1.12 bits per heavy atom. The second-order valence-corrected chi connectivity index (χ2v) is 6.60. The summed E-state index contributed by atoms with van der Waals surface area (Å²) in [4.78, 5) is 0. The lowest BCUT2D eigenvalue weighted by Gasteiger charge is -2.22. The first-order valence-electron chi connectivity index (χ1n) is 7.54. The maximum Gasteiger partial charge on any atom is 0.00923 e. The molecular formula is C15H27N. The van der Waals surface area contributed by atoms with Crippen molar-refractivity contribution in [3.63, 3.8) is 0 Å². The first-order valence-corrected chi connectivity index (χ1v) is 7.54. The van der Waals surface area contributed by atoms with Crippen LogP contribution < -0.4 is 5.32 Å². The van der Waals surface area contributed by atoms with Crippen LogP contribution in [0.5, 0.6) is 0 Å². The molecule has 1 heteroatoms. The van der Waals surface area contributed by atoms with Gasteiger partial charge >= 0.3 is 0 Å². The van der Waals surface area contributed by atoms with E-state index in [1.165, 1.54) is 32.1 Å². The highest BCUT2D eigenvalue weighted by molar-refractivity contribution is 4.90. The van der Waals surface area contributed by atoms with Gasteiger partial charge in [-0.25, -0.2) is 0 Å². The number of hydrogen-bond donors (Lipinski definition) is 1. The van der Waals surface area contributed by atoms with Crippen LogP contribution >= 0.6 is 0 Å². The summed E-state index contributed by atoms with van der Waals surface area (Å²) in [5.74, 6) is 4.43. The lowest BCUT2D eigenvalue weighted by Crippen LogP contribution is -2.27. The molecule has 0 heterocycles. The molecule has 2 bridgehead atoms. The van der Waals surface area contributed by atoms with Crippen LogP contribution in [0, 0.1) is 23.7 Å². The first-order chi connectivity index (χ1) is 7.86. The summed E-state index contributed by atoms with van der Waals surface area (Å²) in [6.45, 7) is 0. The van der Waals surface area contributed by atoms with Gasteiger partial charge in [0.2, 0.25) is 0 Å². The summed E-state index contributed by atoms with van der Waals surface area (Å²) in [6, 6.07) is 0.846. The van der Waals surface area contributed by atoms with Crippen LogP contribution in [-0.2, 0) is 0 Å². The van der Waals surface area contributed by atoms with E-state index >= 15 is 0 Å². The van der Waals surface area contributed by atoms with Crippen LogP contribution in [0.1, 0.15) is 57.8 Å². The third kappa shape index (κ3) is 2.30. The molecule has 1 N–H and O–H groups in total. The van der Waals surface area contributed by atoms with Gasteiger partial charge in [-0.3, -0.25) is 0 Å². The summed E-state index contributed by atoms with van der Waals surface area (Å²) >= 11 is 0. The molecule has 0 aromatic heterocycles. The van der Waals surface area contributed by atoms with Crippen molar-refractivity contribution in [1.29, 1.82) is 0 Å². The Kier molecular flexibility index (Phi) is 3.24. The number of nitrogens with one attached hydrogen (secondary N) is 1. The zero-order valence-corrected chi connectivity index (χ0v) is 10.8. The fourth-order valence-electron chi connectivity index (χ4n) is 4.44. The molecule has 0 radical (unpaired) electrons. The van der Waals surface area contributed by atoms with E-state index in [2.05, 4.69) is 12.4 Å². The summed E-state index contributed by atoms with van der Waals surface area (Å²) in [5.41, 5.74) is 0. The van der Waals surface area contributed by atoms with Crippen LogP contribution in [0.2, 0.25) is 0 Å². The predicted octanol–water partition coefficient (Wildman–Crippen LogP) is 3.59. The lowest BCUT2D eigenvalue weighted by atomic mass is 9.84. The van der Waals surface area contributed by atoms with Crippen molar-refractivity contribution in [2.75, 3.05) is 7.05 Å². The van der Waals surface area contributed by atoms with Crippen LogP contribution in [0.3, 0.4) is 0 Å². The van der Waals surface area contributed by atoms with E-state index in [0.717, 1.165) is 29.7 Å². The molecule has 92 valence electrons. The van der Waals surface area contributed by atoms with Gasteiger partial charge < -0.3 is 5.32 Å². The Balaban J connectivity index is 1.37. The van der Waals surface area contributed by atoms with Crippen molar-refractivity contribution in [2.45, 2.75) is 63.8 Å². The van der Waals surface area contributed by atoms with Crippen LogP contribution in [0.25, 0.3) is 0 Å².